The molecule has 0 amide bonds. The smallest absolute Gasteiger partial charge is 0.0203 e. The molecular formula is C26H30P2. The Balaban J connectivity index is 1.66. The van der Waals surface area contributed by atoms with Crippen LogP contribution in [0.25, 0.3) is 21.0 Å². The lowest BCUT2D eigenvalue weighted by Gasteiger charge is -2.36. The van der Waals surface area contributed by atoms with Crippen molar-refractivity contribution in [3.8, 4) is 0 Å². The monoisotopic (exact) mass is 404 g/mol. The highest BCUT2D eigenvalue weighted by Crippen LogP contribution is 2.45. The maximum absolute atomic E-state index is 2.53. The van der Waals surface area contributed by atoms with Crippen molar-refractivity contribution in [3.63, 3.8) is 0 Å². The van der Waals surface area contributed by atoms with E-state index in [4.69, 9.17) is 0 Å². The van der Waals surface area contributed by atoms with Gasteiger partial charge in [0.05, 0.1) is 0 Å². The molecule has 1 aliphatic rings. The Morgan fingerprint density at radius 3 is 1.50 bits per heavy atom. The minimum atomic E-state index is 0.181. The summed E-state index contributed by atoms with van der Waals surface area (Å²) in [6, 6.07) is 19.5. The highest BCUT2D eigenvalue weighted by atomic mass is 31.0. The van der Waals surface area contributed by atoms with E-state index in [1.165, 1.54) is 78.8 Å². The molecule has 2 heterocycles. The Labute approximate surface area is 171 Å². The number of fused-ring (bicyclic) bond motifs is 2. The summed E-state index contributed by atoms with van der Waals surface area (Å²) >= 11 is 0. The lowest BCUT2D eigenvalue weighted by Crippen LogP contribution is -2.28. The van der Waals surface area contributed by atoms with Crippen molar-refractivity contribution in [3.05, 3.63) is 71.3 Å². The van der Waals surface area contributed by atoms with Gasteiger partial charge in [0.2, 0.25) is 0 Å². The molecule has 0 nitrogen and oxygen atoms in total. The van der Waals surface area contributed by atoms with Crippen LogP contribution in [0.4, 0.5) is 0 Å². The van der Waals surface area contributed by atoms with Gasteiger partial charge in [-0.15, -0.1) is 16.4 Å². The average molecular weight is 404 g/mol. The minimum Gasteiger partial charge on any atom is -0.132 e. The lowest BCUT2D eigenvalue weighted by molar-refractivity contribution is 0.378. The maximum atomic E-state index is 2.53. The summed E-state index contributed by atoms with van der Waals surface area (Å²) in [7, 11) is 1.71. The predicted molar refractivity (Wildman–Crippen MR) is 129 cm³/mol. The van der Waals surface area contributed by atoms with Gasteiger partial charge in [-0.05, 0) is 68.7 Å². The summed E-state index contributed by atoms with van der Waals surface area (Å²) in [5.74, 6) is 4.69. The van der Waals surface area contributed by atoms with E-state index in [0.29, 0.717) is 0 Å². The van der Waals surface area contributed by atoms with E-state index in [1.54, 1.807) is 11.1 Å². The third-order valence-electron chi connectivity index (χ3n) is 6.92. The van der Waals surface area contributed by atoms with Crippen molar-refractivity contribution < 1.29 is 0 Å². The van der Waals surface area contributed by atoms with Crippen LogP contribution in [0.15, 0.2) is 60.1 Å². The zero-order valence-corrected chi connectivity index (χ0v) is 18.6. The SMILES string of the molecule is c1cc2cc(C3(c4ccc5[pH]ccc5c4)CCCCCCCCC3)ccc2[pH]1. The Hall–Kier alpha value is -1.48. The molecule has 144 valence electrons. The van der Waals surface area contributed by atoms with E-state index >= 15 is 0 Å². The zero-order chi connectivity index (χ0) is 18.8. The third kappa shape index (κ3) is 3.47. The Morgan fingerprint density at radius 2 is 1.00 bits per heavy atom. The van der Waals surface area contributed by atoms with Crippen LogP contribution in [0.2, 0.25) is 0 Å². The van der Waals surface area contributed by atoms with Crippen molar-refractivity contribution in [2.45, 2.75) is 63.2 Å². The first-order valence-electron chi connectivity index (χ1n) is 11.0. The second-order valence-electron chi connectivity index (χ2n) is 8.62. The first-order chi connectivity index (χ1) is 13.9. The second kappa shape index (κ2) is 8.10. The fourth-order valence-corrected chi connectivity index (χ4v) is 7.20. The molecule has 28 heavy (non-hydrogen) atoms. The molecule has 1 saturated carbocycles. The molecule has 1 fully saturated rings. The largest absolute Gasteiger partial charge is 0.132 e. The molecule has 5 rings (SSSR count). The number of hydrogen-bond acceptors (Lipinski definition) is 0. The fraction of sp³-hybridized carbons (Fsp3) is 0.385. The molecule has 0 aliphatic heterocycles. The van der Waals surface area contributed by atoms with Gasteiger partial charge in [0.25, 0.3) is 0 Å². The van der Waals surface area contributed by atoms with Crippen LogP contribution in [0, 0.1) is 0 Å². The molecule has 0 spiro atoms. The summed E-state index contributed by atoms with van der Waals surface area (Å²) in [5.41, 5.74) is 3.31. The molecule has 4 aromatic rings. The highest BCUT2D eigenvalue weighted by Gasteiger charge is 2.34. The Kier molecular flexibility index (Phi) is 5.36. The van der Waals surface area contributed by atoms with Crippen LogP contribution in [-0.4, -0.2) is 0 Å². The van der Waals surface area contributed by atoms with E-state index in [0.717, 1.165) is 16.4 Å². The average Bonchev–Trinajstić information content (AvgIpc) is 3.39. The van der Waals surface area contributed by atoms with Crippen molar-refractivity contribution in [1.82, 2.24) is 0 Å². The normalized spacial score (nSPS) is 19.0. The number of hydrogen-bond donors (Lipinski definition) is 0. The molecule has 0 saturated heterocycles. The molecule has 2 aromatic heterocycles. The van der Waals surface area contributed by atoms with Crippen molar-refractivity contribution in [2.75, 3.05) is 0 Å². The van der Waals surface area contributed by atoms with Gasteiger partial charge in [-0.25, -0.2) is 0 Å². The Morgan fingerprint density at radius 1 is 0.536 bits per heavy atom. The van der Waals surface area contributed by atoms with Crippen LogP contribution in [0.5, 0.6) is 0 Å². The van der Waals surface area contributed by atoms with Gasteiger partial charge in [-0.1, -0.05) is 81.3 Å². The number of rotatable bonds is 2. The molecule has 0 bridgehead atoms. The van der Waals surface area contributed by atoms with Crippen molar-refractivity contribution >= 4 is 37.4 Å². The highest BCUT2D eigenvalue weighted by molar-refractivity contribution is 7.36. The Bertz CT molecular complexity index is 982. The molecule has 0 N–H and O–H groups in total. The van der Waals surface area contributed by atoms with Crippen molar-refractivity contribution in [1.29, 1.82) is 0 Å². The van der Waals surface area contributed by atoms with E-state index < -0.39 is 0 Å². The molecule has 2 atom stereocenters. The molecule has 2 heteroatoms. The molecule has 2 unspecified atom stereocenters. The molecule has 0 radical (unpaired) electrons. The van der Waals surface area contributed by atoms with Gasteiger partial charge in [0, 0.05) is 5.41 Å². The van der Waals surface area contributed by atoms with Gasteiger partial charge in [-0.2, -0.15) is 0 Å². The van der Waals surface area contributed by atoms with E-state index in [1.807, 2.05) is 0 Å². The van der Waals surface area contributed by atoms with Crippen LogP contribution in [-0.2, 0) is 5.41 Å². The summed E-state index contributed by atoms with van der Waals surface area (Å²) in [5, 5.41) is 5.98. The van der Waals surface area contributed by atoms with Crippen molar-refractivity contribution in [2.24, 2.45) is 0 Å². The predicted octanol–water partition coefficient (Wildman–Crippen LogP) is 8.87. The fourth-order valence-electron chi connectivity index (χ4n) is 5.31. The van der Waals surface area contributed by atoms with E-state index in [9.17, 15) is 0 Å². The summed E-state index contributed by atoms with van der Waals surface area (Å²) < 4.78 is 0. The maximum Gasteiger partial charge on any atom is 0.0203 e. The number of benzene rings is 2. The zero-order valence-electron chi connectivity index (χ0n) is 16.6. The van der Waals surface area contributed by atoms with E-state index in [-0.39, 0.29) is 5.41 Å². The summed E-state index contributed by atoms with van der Waals surface area (Å²) in [6.07, 6.45) is 12.3. The van der Waals surface area contributed by atoms with Crippen LogP contribution < -0.4 is 0 Å². The third-order valence-corrected chi connectivity index (χ3v) is 9.12. The quantitative estimate of drug-likeness (QED) is 0.313. The van der Waals surface area contributed by atoms with Crippen LogP contribution in [0.1, 0.15) is 68.9 Å². The lowest BCUT2D eigenvalue weighted by atomic mass is 9.67. The van der Waals surface area contributed by atoms with Gasteiger partial charge in [0.1, 0.15) is 0 Å². The van der Waals surface area contributed by atoms with Gasteiger partial charge < -0.3 is 0 Å². The first-order valence-corrected chi connectivity index (χ1v) is 13.2. The van der Waals surface area contributed by atoms with Gasteiger partial charge in [-0.3, -0.25) is 0 Å². The van der Waals surface area contributed by atoms with Crippen LogP contribution >= 0.6 is 16.4 Å². The van der Waals surface area contributed by atoms with Gasteiger partial charge >= 0.3 is 0 Å². The van der Waals surface area contributed by atoms with Gasteiger partial charge in [0.15, 0.2) is 0 Å². The molecular weight excluding hydrogens is 374 g/mol. The second-order valence-corrected chi connectivity index (χ2v) is 10.9. The summed E-state index contributed by atoms with van der Waals surface area (Å²) in [6.45, 7) is 0. The standard InChI is InChI=1S/C26H30P2/c1-2-4-6-14-26(15-7-5-3-1,22-8-10-24-20(18-22)12-16-27-24)23-9-11-25-21(19-23)13-17-28-25/h8-13,16-19,27-28H,1-7,14-15H2. The minimum absolute atomic E-state index is 0.181. The first kappa shape index (κ1) is 18.5. The van der Waals surface area contributed by atoms with E-state index in [2.05, 4.69) is 60.1 Å². The summed E-state index contributed by atoms with van der Waals surface area (Å²) in [4.78, 5) is 0. The topological polar surface area (TPSA) is 0 Å². The molecule has 2 aromatic carbocycles. The molecule has 1 aliphatic carbocycles. The van der Waals surface area contributed by atoms with Crippen LogP contribution in [0.3, 0.4) is 0 Å².